The van der Waals surface area contributed by atoms with Gasteiger partial charge in [-0.3, -0.25) is 0 Å². The summed E-state index contributed by atoms with van der Waals surface area (Å²) in [5, 5.41) is 10.2. The highest BCUT2D eigenvalue weighted by Crippen LogP contribution is 2.22. The molecule has 94 valence electrons. The molecule has 0 aliphatic carbocycles. The minimum Gasteiger partial charge on any atom is -0.388 e. The van der Waals surface area contributed by atoms with Gasteiger partial charge in [-0.1, -0.05) is 29.8 Å². The molecule has 4 heteroatoms. The first kappa shape index (κ1) is 13.8. The Morgan fingerprint density at radius 2 is 2.00 bits per heavy atom. The Hall–Kier alpha value is -0.650. The van der Waals surface area contributed by atoms with Gasteiger partial charge in [0.05, 0.1) is 11.1 Å². The van der Waals surface area contributed by atoms with Crippen molar-refractivity contribution < 1.29 is 9.50 Å². The van der Waals surface area contributed by atoms with E-state index in [1.807, 2.05) is 24.3 Å². The molecule has 1 nitrogen and oxygen atoms in total. The van der Waals surface area contributed by atoms with Crippen molar-refractivity contribution in [2.45, 2.75) is 12.5 Å². The van der Waals surface area contributed by atoms with Crippen LogP contribution in [0.4, 0.5) is 4.39 Å². The fourth-order valence-electron chi connectivity index (χ4n) is 1.72. The zero-order chi connectivity index (χ0) is 13.1. The molecule has 18 heavy (non-hydrogen) atoms. The van der Waals surface area contributed by atoms with Gasteiger partial charge in [0.15, 0.2) is 0 Å². The summed E-state index contributed by atoms with van der Waals surface area (Å²) in [6, 6.07) is 12.2. The van der Waals surface area contributed by atoms with Crippen molar-refractivity contribution in [3.8, 4) is 0 Å². The average Bonchev–Trinajstić information content (AvgIpc) is 2.34. The summed E-state index contributed by atoms with van der Waals surface area (Å²) in [7, 11) is 0. The molecule has 0 spiro atoms. The first-order valence-corrected chi connectivity index (χ1v) is 6.89. The Morgan fingerprint density at radius 1 is 1.22 bits per heavy atom. The SMILES string of the molecule is OC(Cc1ccc(Cl)c(F)c1)c1cccc(I)c1. The van der Waals surface area contributed by atoms with Crippen molar-refractivity contribution in [3.63, 3.8) is 0 Å². The van der Waals surface area contributed by atoms with Crippen molar-refractivity contribution in [2.75, 3.05) is 0 Å². The van der Waals surface area contributed by atoms with E-state index in [0.717, 1.165) is 14.7 Å². The predicted octanol–water partition coefficient (Wildman–Crippen LogP) is 4.36. The summed E-state index contributed by atoms with van der Waals surface area (Å²) < 4.78 is 14.3. The van der Waals surface area contributed by atoms with Gasteiger partial charge >= 0.3 is 0 Å². The highest BCUT2D eigenvalue weighted by atomic mass is 127. The van der Waals surface area contributed by atoms with Crippen molar-refractivity contribution in [1.82, 2.24) is 0 Å². The quantitative estimate of drug-likeness (QED) is 0.789. The number of aliphatic hydroxyl groups is 1. The molecule has 0 saturated carbocycles. The van der Waals surface area contributed by atoms with E-state index in [2.05, 4.69) is 22.6 Å². The van der Waals surface area contributed by atoms with Gasteiger partial charge in [0.1, 0.15) is 5.82 Å². The van der Waals surface area contributed by atoms with E-state index in [0.29, 0.717) is 6.42 Å². The van der Waals surface area contributed by atoms with E-state index in [9.17, 15) is 9.50 Å². The predicted molar refractivity (Wildman–Crippen MR) is 79.2 cm³/mol. The second-order valence-corrected chi connectivity index (χ2v) is 5.68. The summed E-state index contributed by atoms with van der Waals surface area (Å²) in [4.78, 5) is 0. The molecule has 1 unspecified atom stereocenters. The average molecular weight is 377 g/mol. The second kappa shape index (κ2) is 5.99. The fourth-order valence-corrected chi connectivity index (χ4v) is 2.41. The van der Waals surface area contributed by atoms with Gasteiger partial charge in [0, 0.05) is 9.99 Å². The van der Waals surface area contributed by atoms with Crippen LogP contribution in [-0.4, -0.2) is 5.11 Å². The monoisotopic (exact) mass is 376 g/mol. The molecule has 0 aliphatic heterocycles. The first-order chi connectivity index (χ1) is 8.56. The van der Waals surface area contributed by atoms with Crippen LogP contribution in [0.3, 0.4) is 0 Å². The van der Waals surface area contributed by atoms with Gasteiger partial charge < -0.3 is 5.11 Å². The van der Waals surface area contributed by atoms with Crippen LogP contribution in [0.25, 0.3) is 0 Å². The standard InChI is InChI=1S/C14H11ClFIO/c15-12-5-4-9(6-13(12)16)7-14(18)10-2-1-3-11(17)8-10/h1-6,8,14,18H,7H2. The fraction of sp³-hybridized carbons (Fsp3) is 0.143. The molecule has 0 saturated heterocycles. The third-order valence-electron chi connectivity index (χ3n) is 2.65. The summed E-state index contributed by atoms with van der Waals surface area (Å²) in [5.41, 5.74) is 1.56. The molecule has 0 aliphatic rings. The van der Waals surface area contributed by atoms with Crippen molar-refractivity contribution >= 4 is 34.2 Å². The Kier molecular flexibility index (Phi) is 4.59. The normalized spacial score (nSPS) is 12.4. The molecular weight excluding hydrogens is 366 g/mol. The molecule has 2 aromatic carbocycles. The maximum Gasteiger partial charge on any atom is 0.142 e. The third-order valence-corrected chi connectivity index (χ3v) is 3.62. The van der Waals surface area contributed by atoms with E-state index in [4.69, 9.17) is 11.6 Å². The van der Waals surface area contributed by atoms with Crippen LogP contribution in [0.2, 0.25) is 5.02 Å². The highest BCUT2D eigenvalue weighted by Gasteiger charge is 2.10. The summed E-state index contributed by atoms with van der Waals surface area (Å²) >= 11 is 7.81. The van der Waals surface area contributed by atoms with Crippen LogP contribution in [-0.2, 0) is 6.42 Å². The molecule has 0 radical (unpaired) electrons. The van der Waals surface area contributed by atoms with E-state index < -0.39 is 11.9 Å². The lowest BCUT2D eigenvalue weighted by atomic mass is 10.0. The van der Waals surface area contributed by atoms with Crippen molar-refractivity contribution in [2.24, 2.45) is 0 Å². The molecule has 0 fully saturated rings. The number of hydrogen-bond donors (Lipinski definition) is 1. The largest absolute Gasteiger partial charge is 0.388 e. The van der Waals surface area contributed by atoms with Crippen LogP contribution < -0.4 is 0 Å². The van der Waals surface area contributed by atoms with Gasteiger partial charge in [-0.05, 0) is 58.0 Å². The van der Waals surface area contributed by atoms with Gasteiger partial charge in [-0.15, -0.1) is 0 Å². The van der Waals surface area contributed by atoms with Crippen LogP contribution >= 0.6 is 34.2 Å². The molecule has 0 heterocycles. The van der Waals surface area contributed by atoms with Gasteiger partial charge in [-0.25, -0.2) is 4.39 Å². The summed E-state index contributed by atoms with van der Waals surface area (Å²) in [5.74, 6) is -0.455. The number of aliphatic hydroxyl groups excluding tert-OH is 1. The smallest absolute Gasteiger partial charge is 0.142 e. The molecule has 0 amide bonds. The zero-order valence-corrected chi connectivity index (χ0v) is 12.3. The Balaban J connectivity index is 2.16. The van der Waals surface area contributed by atoms with E-state index in [1.54, 1.807) is 6.07 Å². The molecule has 0 bridgehead atoms. The molecule has 0 aromatic heterocycles. The van der Waals surface area contributed by atoms with E-state index in [1.165, 1.54) is 12.1 Å². The van der Waals surface area contributed by atoms with Crippen LogP contribution in [0.1, 0.15) is 17.2 Å². The van der Waals surface area contributed by atoms with E-state index >= 15 is 0 Å². The molecular formula is C14H11ClFIO. The van der Waals surface area contributed by atoms with Gasteiger partial charge in [0.25, 0.3) is 0 Å². The molecule has 2 aromatic rings. The van der Waals surface area contributed by atoms with Gasteiger partial charge in [0.2, 0.25) is 0 Å². The first-order valence-electron chi connectivity index (χ1n) is 5.44. The minimum absolute atomic E-state index is 0.0995. The van der Waals surface area contributed by atoms with Gasteiger partial charge in [-0.2, -0.15) is 0 Å². The maximum absolute atomic E-state index is 13.3. The highest BCUT2D eigenvalue weighted by molar-refractivity contribution is 14.1. The Morgan fingerprint density at radius 3 is 2.67 bits per heavy atom. The van der Waals surface area contributed by atoms with Crippen LogP contribution in [0, 0.1) is 9.39 Å². The number of hydrogen-bond acceptors (Lipinski definition) is 1. The van der Waals surface area contributed by atoms with E-state index in [-0.39, 0.29) is 5.02 Å². The molecule has 1 atom stereocenters. The topological polar surface area (TPSA) is 20.2 Å². The summed E-state index contributed by atoms with van der Waals surface area (Å²) in [6.07, 6.45) is -0.269. The number of halogens is 3. The minimum atomic E-state index is -0.639. The Bertz CT molecular complexity index is 559. The zero-order valence-electron chi connectivity index (χ0n) is 9.41. The number of rotatable bonds is 3. The molecule has 1 N–H and O–H groups in total. The lowest BCUT2D eigenvalue weighted by molar-refractivity contribution is 0.178. The van der Waals surface area contributed by atoms with Crippen LogP contribution in [0.5, 0.6) is 0 Å². The lowest BCUT2D eigenvalue weighted by Crippen LogP contribution is -2.02. The third kappa shape index (κ3) is 3.43. The van der Waals surface area contributed by atoms with Crippen LogP contribution in [0.15, 0.2) is 42.5 Å². The molecule has 2 rings (SSSR count). The lowest BCUT2D eigenvalue weighted by Gasteiger charge is -2.11. The second-order valence-electron chi connectivity index (χ2n) is 4.02. The van der Waals surface area contributed by atoms with Crippen molar-refractivity contribution in [1.29, 1.82) is 0 Å². The number of benzene rings is 2. The summed E-state index contributed by atoms with van der Waals surface area (Å²) in [6.45, 7) is 0. The van der Waals surface area contributed by atoms with Crippen molar-refractivity contribution in [3.05, 3.63) is 68.0 Å². The Labute approximate surface area is 124 Å². The maximum atomic E-state index is 13.3.